The molecule has 0 bridgehead atoms. The number of carbonyl (C=O) groups excluding carboxylic acids is 2. The van der Waals surface area contributed by atoms with Crippen molar-refractivity contribution in [1.29, 1.82) is 0 Å². The fraction of sp³-hybridized carbons (Fsp3) is 0.200. The minimum absolute atomic E-state index is 0. The first-order valence-corrected chi connectivity index (χ1v) is 7.97. The number of nitrogens with zero attached hydrogens (tertiary/aromatic N) is 2. The van der Waals surface area contributed by atoms with E-state index in [-0.39, 0.29) is 30.7 Å². The normalized spacial score (nSPS) is 9.64. The number of esters is 1. The molecule has 25 heavy (non-hydrogen) atoms. The Morgan fingerprint density at radius 3 is 2.56 bits per heavy atom. The summed E-state index contributed by atoms with van der Waals surface area (Å²) in [7, 11) is 0. The van der Waals surface area contributed by atoms with Gasteiger partial charge in [-0.2, -0.15) is 4.99 Å². The lowest BCUT2D eigenvalue weighted by molar-refractivity contribution is -0.115. The van der Waals surface area contributed by atoms with E-state index in [2.05, 4.69) is 15.3 Å². The van der Waals surface area contributed by atoms with Crippen LogP contribution in [0.25, 0.3) is 0 Å². The van der Waals surface area contributed by atoms with E-state index in [9.17, 15) is 9.59 Å². The van der Waals surface area contributed by atoms with Gasteiger partial charge in [0.05, 0.1) is 24.3 Å². The third-order valence-corrected chi connectivity index (χ3v) is 3.57. The highest BCUT2D eigenvalue weighted by Gasteiger charge is 2.10. The van der Waals surface area contributed by atoms with Crippen LogP contribution in [0, 0.1) is 0 Å². The molecule has 1 aromatic heterocycles. The predicted molar refractivity (Wildman–Crippen MR) is 99.6 cm³/mol. The number of nitrogens with one attached hydrogen (secondary N) is 1. The SMILES string of the molecule is CCOC(=O)c1ccc(NC(=O)Cc2csc(N=C(N)N)n2)cc1.Cl. The van der Waals surface area contributed by atoms with Gasteiger partial charge in [-0.05, 0) is 31.2 Å². The third-order valence-electron chi connectivity index (χ3n) is 2.79. The maximum absolute atomic E-state index is 12.0. The van der Waals surface area contributed by atoms with Crippen LogP contribution in [-0.4, -0.2) is 29.4 Å². The Hall–Kier alpha value is -2.65. The Morgan fingerprint density at radius 2 is 1.96 bits per heavy atom. The molecule has 1 heterocycles. The van der Waals surface area contributed by atoms with E-state index in [0.717, 1.165) is 0 Å². The lowest BCUT2D eigenvalue weighted by Gasteiger charge is -2.05. The summed E-state index contributed by atoms with van der Waals surface area (Å²) in [6.45, 7) is 2.05. The molecule has 0 aliphatic carbocycles. The molecule has 2 aromatic rings. The average molecular weight is 384 g/mol. The number of aliphatic imine (C=N–C) groups is 1. The van der Waals surface area contributed by atoms with Crippen LogP contribution in [0.5, 0.6) is 0 Å². The van der Waals surface area contributed by atoms with Gasteiger partial charge in [0.2, 0.25) is 11.0 Å². The highest BCUT2D eigenvalue weighted by molar-refractivity contribution is 7.13. The highest BCUT2D eigenvalue weighted by Crippen LogP contribution is 2.19. The maximum atomic E-state index is 12.0. The van der Waals surface area contributed by atoms with E-state index in [4.69, 9.17) is 16.2 Å². The topological polar surface area (TPSA) is 133 Å². The van der Waals surface area contributed by atoms with Gasteiger partial charge >= 0.3 is 5.97 Å². The molecule has 1 amide bonds. The fourth-order valence-electron chi connectivity index (χ4n) is 1.81. The lowest BCUT2D eigenvalue weighted by atomic mass is 10.2. The van der Waals surface area contributed by atoms with Crippen molar-refractivity contribution >= 4 is 52.4 Å². The first-order chi connectivity index (χ1) is 11.5. The molecule has 10 heteroatoms. The molecule has 0 saturated heterocycles. The van der Waals surface area contributed by atoms with Crippen LogP contribution in [0.3, 0.4) is 0 Å². The third kappa shape index (κ3) is 6.40. The smallest absolute Gasteiger partial charge is 0.338 e. The molecule has 2 rings (SSSR count). The van der Waals surface area contributed by atoms with Gasteiger partial charge in [0, 0.05) is 11.1 Å². The Balaban J connectivity index is 0.00000312. The molecule has 0 aliphatic heterocycles. The van der Waals surface area contributed by atoms with E-state index in [1.807, 2.05) is 0 Å². The number of ether oxygens (including phenoxy) is 1. The number of halogens is 1. The number of aromatic nitrogens is 1. The Labute approximate surface area is 154 Å². The van der Waals surface area contributed by atoms with Crippen LogP contribution in [-0.2, 0) is 16.0 Å². The van der Waals surface area contributed by atoms with E-state index in [0.29, 0.717) is 28.7 Å². The van der Waals surface area contributed by atoms with Gasteiger partial charge in [-0.15, -0.1) is 23.7 Å². The number of rotatable bonds is 6. The number of thiazole rings is 1. The number of hydrogen-bond donors (Lipinski definition) is 3. The molecule has 0 atom stereocenters. The van der Waals surface area contributed by atoms with Crippen LogP contribution in [0.15, 0.2) is 34.6 Å². The second-order valence-corrected chi connectivity index (χ2v) is 5.52. The van der Waals surface area contributed by atoms with Crippen molar-refractivity contribution in [2.45, 2.75) is 13.3 Å². The minimum Gasteiger partial charge on any atom is -0.462 e. The second-order valence-electron chi connectivity index (χ2n) is 4.68. The quantitative estimate of drug-likeness (QED) is 0.396. The van der Waals surface area contributed by atoms with Crippen molar-refractivity contribution in [3.63, 3.8) is 0 Å². The van der Waals surface area contributed by atoms with Gasteiger partial charge in [-0.1, -0.05) is 0 Å². The predicted octanol–water partition coefficient (Wildman–Crippen LogP) is 1.83. The molecule has 8 nitrogen and oxygen atoms in total. The van der Waals surface area contributed by atoms with Crippen molar-refractivity contribution < 1.29 is 14.3 Å². The molecule has 0 unspecified atom stereocenters. The van der Waals surface area contributed by atoms with E-state index < -0.39 is 5.97 Å². The summed E-state index contributed by atoms with van der Waals surface area (Å²) in [6.07, 6.45) is 0.0934. The molecule has 0 saturated carbocycles. The number of carbonyl (C=O) groups is 2. The van der Waals surface area contributed by atoms with Crippen molar-refractivity contribution in [2.24, 2.45) is 16.5 Å². The standard InChI is InChI=1S/C15H17N5O3S.ClH/c1-2-23-13(22)9-3-5-10(6-4-9)18-12(21)7-11-8-24-15(19-11)20-14(16)17;/h3-6,8H,2,7H2,1H3,(H,18,21)(H4,16,17,19,20);1H. The molecule has 134 valence electrons. The monoisotopic (exact) mass is 383 g/mol. The number of anilines is 1. The molecular weight excluding hydrogens is 366 g/mol. The van der Waals surface area contributed by atoms with Crippen molar-refractivity contribution in [1.82, 2.24) is 4.98 Å². The van der Waals surface area contributed by atoms with Gasteiger partial charge in [0.1, 0.15) is 0 Å². The van der Waals surface area contributed by atoms with Crippen LogP contribution in [0.4, 0.5) is 10.8 Å². The average Bonchev–Trinajstić information content (AvgIpc) is 2.94. The maximum Gasteiger partial charge on any atom is 0.338 e. The van der Waals surface area contributed by atoms with Crippen molar-refractivity contribution in [2.75, 3.05) is 11.9 Å². The summed E-state index contributed by atoms with van der Waals surface area (Å²) in [5.41, 5.74) is 12.1. The van der Waals surface area contributed by atoms with Crippen LogP contribution in [0.2, 0.25) is 0 Å². The van der Waals surface area contributed by atoms with Gasteiger partial charge in [-0.3, -0.25) is 4.79 Å². The summed E-state index contributed by atoms with van der Waals surface area (Å²) in [6, 6.07) is 6.45. The largest absolute Gasteiger partial charge is 0.462 e. The van der Waals surface area contributed by atoms with E-state index in [1.165, 1.54) is 11.3 Å². The summed E-state index contributed by atoms with van der Waals surface area (Å²) in [5, 5.41) is 4.84. The van der Waals surface area contributed by atoms with Gasteiger partial charge in [0.15, 0.2) is 5.96 Å². The van der Waals surface area contributed by atoms with Gasteiger partial charge in [-0.25, -0.2) is 9.78 Å². The summed E-state index contributed by atoms with van der Waals surface area (Å²) < 4.78 is 4.90. The first kappa shape index (κ1) is 20.4. The number of hydrogen-bond acceptors (Lipinski definition) is 6. The Bertz CT molecular complexity index is 757. The lowest BCUT2D eigenvalue weighted by Crippen LogP contribution is -2.21. The zero-order valence-electron chi connectivity index (χ0n) is 13.4. The minimum atomic E-state index is -0.398. The van der Waals surface area contributed by atoms with Gasteiger partial charge in [0.25, 0.3) is 0 Å². The zero-order valence-corrected chi connectivity index (χ0v) is 15.0. The van der Waals surface area contributed by atoms with Crippen LogP contribution < -0.4 is 16.8 Å². The molecule has 0 spiro atoms. The van der Waals surface area contributed by atoms with Crippen LogP contribution >= 0.6 is 23.7 Å². The van der Waals surface area contributed by atoms with Crippen molar-refractivity contribution in [3.8, 4) is 0 Å². The Morgan fingerprint density at radius 1 is 1.28 bits per heavy atom. The fourth-order valence-corrected chi connectivity index (χ4v) is 2.52. The molecule has 0 radical (unpaired) electrons. The number of amides is 1. The molecule has 1 aromatic carbocycles. The molecule has 0 fully saturated rings. The summed E-state index contributed by atoms with van der Waals surface area (Å²) >= 11 is 1.25. The molecule has 0 aliphatic rings. The summed E-state index contributed by atoms with van der Waals surface area (Å²) in [4.78, 5) is 31.5. The van der Waals surface area contributed by atoms with E-state index in [1.54, 1.807) is 36.6 Å². The van der Waals surface area contributed by atoms with E-state index >= 15 is 0 Å². The number of benzene rings is 1. The van der Waals surface area contributed by atoms with Crippen molar-refractivity contribution in [3.05, 3.63) is 40.9 Å². The number of guanidine groups is 1. The van der Waals surface area contributed by atoms with Gasteiger partial charge < -0.3 is 21.5 Å². The second kappa shape index (κ2) is 9.60. The first-order valence-electron chi connectivity index (χ1n) is 7.09. The molecule has 5 N–H and O–H groups in total. The Kier molecular flexibility index (Phi) is 7.83. The molecular formula is C15H18ClN5O3S. The summed E-state index contributed by atoms with van der Waals surface area (Å²) in [5.74, 6) is -0.715. The highest BCUT2D eigenvalue weighted by atomic mass is 35.5. The number of nitrogens with two attached hydrogens (primary N) is 2. The zero-order chi connectivity index (χ0) is 17.5. The van der Waals surface area contributed by atoms with Crippen LogP contribution in [0.1, 0.15) is 23.0 Å².